The lowest BCUT2D eigenvalue weighted by molar-refractivity contribution is -0.0615. The summed E-state index contributed by atoms with van der Waals surface area (Å²) < 4.78 is 5.62. The van der Waals surface area contributed by atoms with Crippen LogP contribution in [0.2, 0.25) is 5.28 Å². The molecular formula is C13H18ClN3O2. The number of carbonyl (C=O) groups is 1. The monoisotopic (exact) mass is 283 g/mol. The molecule has 1 unspecified atom stereocenters. The summed E-state index contributed by atoms with van der Waals surface area (Å²) >= 11 is 5.76. The zero-order valence-electron chi connectivity index (χ0n) is 11.4. The molecule has 1 amide bonds. The quantitative estimate of drug-likeness (QED) is 0.845. The number of halogens is 1. The smallest absolute Gasteiger partial charge is 0.270 e. The molecule has 1 aromatic rings. The molecule has 1 N–H and O–H groups in total. The summed E-state index contributed by atoms with van der Waals surface area (Å²) in [4.78, 5) is 20.0. The fourth-order valence-corrected chi connectivity index (χ4v) is 2.49. The Morgan fingerprint density at radius 3 is 2.89 bits per heavy atom. The van der Waals surface area contributed by atoms with Crippen LogP contribution in [0.4, 0.5) is 0 Å². The lowest BCUT2D eigenvalue weighted by atomic mass is 9.94. The summed E-state index contributed by atoms with van der Waals surface area (Å²) in [5, 5.41) is 3.07. The molecule has 5 nitrogen and oxygen atoms in total. The molecule has 6 heteroatoms. The van der Waals surface area contributed by atoms with Crippen molar-refractivity contribution in [2.24, 2.45) is 0 Å². The maximum absolute atomic E-state index is 12.1. The van der Waals surface area contributed by atoms with Crippen molar-refractivity contribution >= 4 is 17.5 Å². The maximum Gasteiger partial charge on any atom is 0.270 e. The first-order chi connectivity index (χ1) is 8.85. The van der Waals surface area contributed by atoms with Gasteiger partial charge in [-0.25, -0.2) is 9.97 Å². The Morgan fingerprint density at radius 2 is 2.26 bits per heavy atom. The SMILES string of the molecule is Cc1cc(C(=O)NC2CCOC(C)(C)C2)nc(Cl)n1. The molecule has 2 heterocycles. The van der Waals surface area contributed by atoms with E-state index in [0.717, 1.165) is 12.8 Å². The van der Waals surface area contributed by atoms with Crippen LogP contribution in [-0.2, 0) is 4.74 Å². The molecule has 0 spiro atoms. The Balaban J connectivity index is 2.04. The van der Waals surface area contributed by atoms with Gasteiger partial charge in [-0.15, -0.1) is 0 Å². The summed E-state index contributed by atoms with van der Waals surface area (Å²) in [6.07, 6.45) is 1.60. The van der Waals surface area contributed by atoms with E-state index >= 15 is 0 Å². The van der Waals surface area contributed by atoms with Gasteiger partial charge >= 0.3 is 0 Å². The van der Waals surface area contributed by atoms with Crippen LogP contribution in [0.25, 0.3) is 0 Å². The number of hydrogen-bond acceptors (Lipinski definition) is 4. The number of nitrogens with zero attached hydrogens (tertiary/aromatic N) is 2. The van der Waals surface area contributed by atoms with Crippen LogP contribution in [0.5, 0.6) is 0 Å². The Morgan fingerprint density at radius 1 is 1.53 bits per heavy atom. The third kappa shape index (κ3) is 3.88. The average Bonchev–Trinajstić information content (AvgIpc) is 2.26. The molecule has 19 heavy (non-hydrogen) atoms. The van der Waals surface area contributed by atoms with Gasteiger partial charge in [0.25, 0.3) is 5.91 Å². The first kappa shape index (κ1) is 14.2. The molecule has 1 aliphatic heterocycles. The predicted octanol–water partition coefficient (Wildman–Crippen LogP) is 2.13. The molecule has 0 aromatic carbocycles. The summed E-state index contributed by atoms with van der Waals surface area (Å²) in [6.45, 7) is 6.48. The fourth-order valence-electron chi connectivity index (χ4n) is 2.26. The second-order valence-corrected chi connectivity index (χ2v) is 5.77. The second kappa shape index (κ2) is 5.43. The summed E-state index contributed by atoms with van der Waals surface area (Å²) in [5.74, 6) is -0.213. The number of rotatable bonds is 2. The van der Waals surface area contributed by atoms with E-state index in [1.807, 2.05) is 13.8 Å². The molecule has 0 aliphatic carbocycles. The van der Waals surface area contributed by atoms with Crippen LogP contribution in [0.3, 0.4) is 0 Å². The Hall–Kier alpha value is -1.20. The number of nitrogens with one attached hydrogen (secondary N) is 1. The molecule has 0 bridgehead atoms. The number of aromatic nitrogens is 2. The predicted molar refractivity (Wildman–Crippen MR) is 72.3 cm³/mol. The van der Waals surface area contributed by atoms with E-state index in [1.54, 1.807) is 13.0 Å². The molecule has 1 aliphatic rings. The molecule has 1 fully saturated rings. The van der Waals surface area contributed by atoms with Crippen LogP contribution < -0.4 is 5.32 Å². The van der Waals surface area contributed by atoms with Crippen LogP contribution >= 0.6 is 11.6 Å². The van der Waals surface area contributed by atoms with Crippen molar-refractivity contribution in [1.29, 1.82) is 0 Å². The molecule has 0 radical (unpaired) electrons. The van der Waals surface area contributed by atoms with E-state index in [-0.39, 0.29) is 22.8 Å². The maximum atomic E-state index is 12.1. The molecule has 1 aromatic heterocycles. The minimum Gasteiger partial charge on any atom is -0.375 e. The molecular weight excluding hydrogens is 266 g/mol. The molecule has 104 valence electrons. The highest BCUT2D eigenvalue weighted by atomic mass is 35.5. The number of hydrogen-bond donors (Lipinski definition) is 1. The topological polar surface area (TPSA) is 64.1 Å². The lowest BCUT2D eigenvalue weighted by Gasteiger charge is -2.35. The van der Waals surface area contributed by atoms with E-state index < -0.39 is 0 Å². The van der Waals surface area contributed by atoms with Gasteiger partial charge in [0.2, 0.25) is 5.28 Å². The molecule has 1 saturated heterocycles. The zero-order chi connectivity index (χ0) is 14.0. The van der Waals surface area contributed by atoms with Crippen molar-refractivity contribution in [3.05, 3.63) is 22.7 Å². The van der Waals surface area contributed by atoms with E-state index in [2.05, 4.69) is 15.3 Å². The lowest BCUT2D eigenvalue weighted by Crippen LogP contribution is -2.46. The Labute approximate surface area is 117 Å². The van der Waals surface area contributed by atoms with E-state index in [4.69, 9.17) is 16.3 Å². The Kier molecular flexibility index (Phi) is 4.06. The van der Waals surface area contributed by atoms with Crippen molar-refractivity contribution in [1.82, 2.24) is 15.3 Å². The van der Waals surface area contributed by atoms with Gasteiger partial charge in [-0.05, 0) is 51.3 Å². The number of ether oxygens (including phenoxy) is 1. The van der Waals surface area contributed by atoms with Crippen molar-refractivity contribution in [3.8, 4) is 0 Å². The van der Waals surface area contributed by atoms with Gasteiger partial charge in [0.1, 0.15) is 5.69 Å². The molecule has 0 saturated carbocycles. The largest absolute Gasteiger partial charge is 0.375 e. The van der Waals surface area contributed by atoms with Crippen molar-refractivity contribution in [2.45, 2.75) is 45.3 Å². The summed E-state index contributed by atoms with van der Waals surface area (Å²) in [6, 6.07) is 1.73. The van der Waals surface area contributed by atoms with Gasteiger partial charge < -0.3 is 10.1 Å². The van der Waals surface area contributed by atoms with Crippen molar-refractivity contribution < 1.29 is 9.53 Å². The third-order valence-electron chi connectivity index (χ3n) is 3.09. The van der Waals surface area contributed by atoms with Gasteiger partial charge in [0, 0.05) is 18.3 Å². The van der Waals surface area contributed by atoms with E-state index in [9.17, 15) is 4.79 Å². The fraction of sp³-hybridized carbons (Fsp3) is 0.615. The van der Waals surface area contributed by atoms with Crippen LogP contribution in [0.1, 0.15) is 42.9 Å². The number of amides is 1. The zero-order valence-corrected chi connectivity index (χ0v) is 12.1. The highest BCUT2D eigenvalue weighted by molar-refractivity contribution is 6.28. The minimum absolute atomic E-state index is 0.0949. The second-order valence-electron chi connectivity index (χ2n) is 5.43. The first-order valence-electron chi connectivity index (χ1n) is 6.32. The molecule has 2 rings (SSSR count). The Bertz CT molecular complexity index is 471. The summed E-state index contributed by atoms with van der Waals surface area (Å²) in [7, 11) is 0. The van der Waals surface area contributed by atoms with Crippen LogP contribution in [0, 0.1) is 6.92 Å². The van der Waals surface area contributed by atoms with Gasteiger partial charge in [0.15, 0.2) is 0 Å². The minimum atomic E-state index is -0.213. The van der Waals surface area contributed by atoms with Crippen molar-refractivity contribution in [2.75, 3.05) is 6.61 Å². The highest BCUT2D eigenvalue weighted by Gasteiger charge is 2.30. The first-order valence-corrected chi connectivity index (χ1v) is 6.69. The number of aryl methyl sites for hydroxylation is 1. The third-order valence-corrected chi connectivity index (χ3v) is 3.26. The van der Waals surface area contributed by atoms with Gasteiger partial charge in [-0.3, -0.25) is 4.79 Å². The average molecular weight is 284 g/mol. The van der Waals surface area contributed by atoms with Gasteiger partial charge in [0.05, 0.1) is 5.60 Å². The van der Waals surface area contributed by atoms with E-state index in [0.29, 0.717) is 18.0 Å². The van der Waals surface area contributed by atoms with E-state index in [1.165, 1.54) is 0 Å². The van der Waals surface area contributed by atoms with Crippen LogP contribution in [0.15, 0.2) is 6.07 Å². The summed E-state index contributed by atoms with van der Waals surface area (Å²) in [5.41, 5.74) is 0.786. The normalized spacial score (nSPS) is 22.0. The highest BCUT2D eigenvalue weighted by Crippen LogP contribution is 2.24. The van der Waals surface area contributed by atoms with Crippen LogP contribution in [-0.4, -0.2) is 34.1 Å². The van der Waals surface area contributed by atoms with Gasteiger partial charge in [-0.1, -0.05) is 0 Å². The van der Waals surface area contributed by atoms with Gasteiger partial charge in [-0.2, -0.15) is 0 Å². The number of carbonyl (C=O) groups excluding carboxylic acids is 1. The van der Waals surface area contributed by atoms with Crippen molar-refractivity contribution in [3.63, 3.8) is 0 Å². The molecule has 1 atom stereocenters. The standard InChI is InChI=1S/C13H18ClN3O2/c1-8-6-10(17-12(14)15-8)11(18)16-9-4-5-19-13(2,3)7-9/h6,9H,4-5,7H2,1-3H3,(H,16,18).